The number of hydrogen-bond acceptors (Lipinski definition) is 3. The number of benzene rings is 1. The predicted octanol–water partition coefficient (Wildman–Crippen LogP) is 2.24. The topological polar surface area (TPSA) is 83.6 Å². The standard InChI is InChI=1S/C13H17BrN2O3/c1-4-16(13(2,3)12(18)19)10-6-5-8(11(15)17)7-9(10)14/h5-7H,4H2,1-3H3,(H2,15,17)(H,18,19). The molecular weight excluding hydrogens is 312 g/mol. The summed E-state index contributed by atoms with van der Waals surface area (Å²) in [4.78, 5) is 24.2. The third kappa shape index (κ3) is 3.07. The Bertz CT molecular complexity index is 515. The normalized spacial score (nSPS) is 11.2. The van der Waals surface area contributed by atoms with E-state index < -0.39 is 17.4 Å². The molecule has 1 aromatic rings. The molecule has 0 bridgehead atoms. The van der Waals surface area contributed by atoms with Crippen LogP contribution in [-0.4, -0.2) is 29.1 Å². The first kappa shape index (κ1) is 15.5. The second kappa shape index (κ2) is 5.61. The molecule has 0 aliphatic rings. The van der Waals surface area contributed by atoms with Crippen molar-refractivity contribution in [3.63, 3.8) is 0 Å². The predicted molar refractivity (Wildman–Crippen MR) is 77.4 cm³/mol. The summed E-state index contributed by atoms with van der Waals surface area (Å²) in [5, 5.41) is 9.31. The van der Waals surface area contributed by atoms with E-state index >= 15 is 0 Å². The van der Waals surface area contributed by atoms with Crippen LogP contribution in [0.2, 0.25) is 0 Å². The van der Waals surface area contributed by atoms with E-state index in [1.165, 1.54) is 0 Å². The lowest BCUT2D eigenvalue weighted by atomic mass is 10.0. The first-order valence-corrected chi connectivity index (χ1v) is 6.61. The third-order valence-electron chi connectivity index (χ3n) is 3.04. The van der Waals surface area contributed by atoms with E-state index in [9.17, 15) is 14.7 Å². The molecule has 1 amide bonds. The van der Waals surface area contributed by atoms with Gasteiger partial charge in [-0.1, -0.05) is 0 Å². The van der Waals surface area contributed by atoms with Gasteiger partial charge < -0.3 is 15.7 Å². The monoisotopic (exact) mass is 328 g/mol. The summed E-state index contributed by atoms with van der Waals surface area (Å²) in [6, 6.07) is 4.87. The van der Waals surface area contributed by atoms with Crippen LogP contribution in [0.5, 0.6) is 0 Å². The van der Waals surface area contributed by atoms with Crippen LogP contribution in [0.25, 0.3) is 0 Å². The number of nitrogens with zero attached hydrogens (tertiary/aromatic N) is 1. The molecule has 0 saturated heterocycles. The summed E-state index contributed by atoms with van der Waals surface area (Å²) in [7, 11) is 0. The van der Waals surface area contributed by atoms with Gasteiger partial charge in [0.15, 0.2) is 0 Å². The lowest BCUT2D eigenvalue weighted by Crippen LogP contribution is -2.50. The van der Waals surface area contributed by atoms with Crippen molar-refractivity contribution in [2.24, 2.45) is 5.73 Å². The van der Waals surface area contributed by atoms with E-state index in [2.05, 4.69) is 15.9 Å². The van der Waals surface area contributed by atoms with Crippen molar-refractivity contribution in [2.75, 3.05) is 11.4 Å². The number of halogens is 1. The van der Waals surface area contributed by atoms with E-state index in [0.717, 1.165) is 0 Å². The van der Waals surface area contributed by atoms with E-state index in [0.29, 0.717) is 22.3 Å². The molecule has 1 aromatic carbocycles. The van der Waals surface area contributed by atoms with Gasteiger partial charge in [0.1, 0.15) is 5.54 Å². The Morgan fingerprint density at radius 3 is 2.37 bits per heavy atom. The SMILES string of the molecule is CCN(c1ccc(C(N)=O)cc1Br)C(C)(C)C(=O)O. The number of carbonyl (C=O) groups excluding carboxylic acids is 1. The molecule has 0 atom stereocenters. The molecule has 0 radical (unpaired) electrons. The molecule has 0 unspecified atom stereocenters. The Balaban J connectivity index is 3.27. The summed E-state index contributed by atoms with van der Waals surface area (Å²) in [5.41, 5.74) is 5.24. The van der Waals surface area contributed by atoms with Gasteiger partial charge in [-0.05, 0) is 54.9 Å². The van der Waals surface area contributed by atoms with Crippen LogP contribution in [0.3, 0.4) is 0 Å². The zero-order valence-electron chi connectivity index (χ0n) is 11.1. The summed E-state index contributed by atoms with van der Waals surface area (Å²) < 4.78 is 0.639. The number of nitrogens with two attached hydrogens (primary N) is 1. The summed E-state index contributed by atoms with van der Waals surface area (Å²) in [6.07, 6.45) is 0. The fourth-order valence-corrected chi connectivity index (χ4v) is 2.45. The molecule has 6 heteroatoms. The Labute approximate surface area is 120 Å². The highest BCUT2D eigenvalue weighted by molar-refractivity contribution is 9.10. The highest BCUT2D eigenvalue weighted by atomic mass is 79.9. The number of primary amides is 1. The van der Waals surface area contributed by atoms with Gasteiger partial charge in [0.2, 0.25) is 5.91 Å². The lowest BCUT2D eigenvalue weighted by Gasteiger charge is -2.36. The quantitative estimate of drug-likeness (QED) is 0.868. The molecule has 3 N–H and O–H groups in total. The molecule has 0 aromatic heterocycles. The molecule has 104 valence electrons. The zero-order valence-corrected chi connectivity index (χ0v) is 12.7. The van der Waals surface area contributed by atoms with Crippen molar-refractivity contribution in [2.45, 2.75) is 26.3 Å². The maximum atomic E-state index is 11.4. The highest BCUT2D eigenvalue weighted by Crippen LogP contribution is 2.32. The largest absolute Gasteiger partial charge is 0.480 e. The van der Waals surface area contributed by atoms with Crippen LogP contribution < -0.4 is 10.6 Å². The average Bonchev–Trinajstić information content (AvgIpc) is 2.31. The molecule has 0 aliphatic heterocycles. The van der Waals surface area contributed by atoms with Crippen molar-refractivity contribution in [1.82, 2.24) is 0 Å². The highest BCUT2D eigenvalue weighted by Gasteiger charge is 2.34. The molecule has 0 aliphatic carbocycles. The maximum absolute atomic E-state index is 11.4. The van der Waals surface area contributed by atoms with Gasteiger partial charge in [-0.3, -0.25) is 4.79 Å². The molecule has 0 saturated carbocycles. The van der Waals surface area contributed by atoms with Gasteiger partial charge >= 0.3 is 5.97 Å². The van der Waals surface area contributed by atoms with Crippen LogP contribution in [0.1, 0.15) is 31.1 Å². The minimum absolute atomic E-state index is 0.375. The fraction of sp³-hybridized carbons (Fsp3) is 0.385. The smallest absolute Gasteiger partial charge is 0.328 e. The van der Waals surface area contributed by atoms with Crippen molar-refractivity contribution in [3.8, 4) is 0 Å². The zero-order chi connectivity index (χ0) is 14.8. The van der Waals surface area contributed by atoms with Gasteiger partial charge in [0.05, 0.1) is 5.69 Å². The van der Waals surface area contributed by atoms with E-state index in [1.54, 1.807) is 36.9 Å². The second-order valence-electron chi connectivity index (χ2n) is 4.64. The molecule has 19 heavy (non-hydrogen) atoms. The van der Waals surface area contributed by atoms with Gasteiger partial charge in [0.25, 0.3) is 0 Å². The summed E-state index contributed by atoms with van der Waals surface area (Å²) in [6.45, 7) is 5.66. The summed E-state index contributed by atoms with van der Waals surface area (Å²) >= 11 is 3.36. The molecular formula is C13H17BrN2O3. The van der Waals surface area contributed by atoms with Gasteiger partial charge in [-0.2, -0.15) is 0 Å². The molecule has 0 heterocycles. The van der Waals surface area contributed by atoms with Crippen molar-refractivity contribution < 1.29 is 14.7 Å². The van der Waals surface area contributed by atoms with Crippen LogP contribution in [-0.2, 0) is 4.79 Å². The minimum Gasteiger partial charge on any atom is -0.480 e. The number of aliphatic carboxylic acids is 1. The number of anilines is 1. The van der Waals surface area contributed by atoms with Crippen LogP contribution >= 0.6 is 15.9 Å². The van der Waals surface area contributed by atoms with Crippen LogP contribution in [0.4, 0.5) is 5.69 Å². The number of carboxylic acid groups (broad SMARTS) is 1. The first-order valence-electron chi connectivity index (χ1n) is 5.82. The Morgan fingerprint density at radius 2 is 2.00 bits per heavy atom. The second-order valence-corrected chi connectivity index (χ2v) is 5.49. The number of carboxylic acids is 1. The molecule has 0 spiro atoms. The third-order valence-corrected chi connectivity index (χ3v) is 3.67. The molecule has 0 fully saturated rings. The number of likely N-dealkylation sites (N-methyl/N-ethyl adjacent to an activating group) is 1. The molecule has 5 nitrogen and oxygen atoms in total. The van der Waals surface area contributed by atoms with E-state index in [4.69, 9.17) is 5.73 Å². The van der Waals surface area contributed by atoms with Gasteiger partial charge in [-0.25, -0.2) is 4.79 Å². The van der Waals surface area contributed by atoms with Crippen molar-refractivity contribution in [3.05, 3.63) is 28.2 Å². The maximum Gasteiger partial charge on any atom is 0.328 e. The number of hydrogen-bond donors (Lipinski definition) is 2. The number of carbonyl (C=O) groups is 2. The number of rotatable bonds is 5. The molecule has 1 rings (SSSR count). The van der Waals surface area contributed by atoms with Gasteiger partial charge in [0, 0.05) is 16.6 Å². The van der Waals surface area contributed by atoms with Crippen molar-refractivity contribution >= 4 is 33.5 Å². The van der Waals surface area contributed by atoms with E-state index in [1.807, 2.05) is 6.92 Å². The Morgan fingerprint density at radius 1 is 1.42 bits per heavy atom. The Kier molecular flexibility index (Phi) is 4.57. The van der Waals surface area contributed by atoms with Crippen LogP contribution in [0, 0.1) is 0 Å². The van der Waals surface area contributed by atoms with Crippen molar-refractivity contribution in [1.29, 1.82) is 0 Å². The lowest BCUT2D eigenvalue weighted by molar-refractivity contribution is -0.142. The average molecular weight is 329 g/mol. The number of amides is 1. The van der Waals surface area contributed by atoms with Gasteiger partial charge in [-0.15, -0.1) is 0 Å². The van der Waals surface area contributed by atoms with E-state index in [-0.39, 0.29) is 0 Å². The minimum atomic E-state index is -1.05. The van der Waals surface area contributed by atoms with Crippen LogP contribution in [0.15, 0.2) is 22.7 Å². The first-order chi connectivity index (χ1) is 8.71. The fourth-order valence-electron chi connectivity index (χ4n) is 1.86. The Hall–Kier alpha value is -1.56. The summed E-state index contributed by atoms with van der Waals surface area (Å²) in [5.74, 6) is -1.44.